The van der Waals surface area contributed by atoms with Crippen LogP contribution in [0.25, 0.3) is 0 Å². The van der Waals surface area contributed by atoms with Crippen molar-refractivity contribution in [3.63, 3.8) is 0 Å². The first kappa shape index (κ1) is 12.4. The fraction of sp³-hybridized carbons (Fsp3) is 0.444. The molecule has 22 heavy (non-hydrogen) atoms. The van der Waals surface area contributed by atoms with Crippen molar-refractivity contribution in [2.75, 3.05) is 12.0 Å². The average Bonchev–Trinajstić information content (AvgIpc) is 3.33. The summed E-state index contributed by atoms with van der Waals surface area (Å²) in [5.74, 6) is 1.81. The van der Waals surface area contributed by atoms with Crippen LogP contribution in [0.1, 0.15) is 6.42 Å². The molecule has 2 saturated carbocycles. The third kappa shape index (κ3) is 1.52. The van der Waals surface area contributed by atoms with Crippen molar-refractivity contribution in [1.29, 1.82) is 0 Å². The molecule has 4 nitrogen and oxygen atoms in total. The molecule has 1 saturated heterocycles. The molecule has 5 aliphatic rings. The summed E-state index contributed by atoms with van der Waals surface area (Å²) in [6.07, 6.45) is 5.62. The van der Waals surface area contributed by atoms with Gasteiger partial charge in [-0.3, -0.25) is 14.5 Å². The molecular weight excluding hydrogens is 276 g/mol. The zero-order valence-corrected chi connectivity index (χ0v) is 12.2. The van der Waals surface area contributed by atoms with E-state index in [1.165, 1.54) is 11.3 Å². The van der Waals surface area contributed by atoms with Crippen LogP contribution in [0, 0.1) is 35.5 Å². The van der Waals surface area contributed by atoms with Gasteiger partial charge in [-0.1, -0.05) is 30.4 Å². The van der Waals surface area contributed by atoms with E-state index in [1.807, 2.05) is 30.3 Å². The third-order valence-corrected chi connectivity index (χ3v) is 5.97. The van der Waals surface area contributed by atoms with Crippen LogP contribution in [0.3, 0.4) is 0 Å². The largest absolute Gasteiger partial charge is 0.367 e. The van der Waals surface area contributed by atoms with E-state index in [0.29, 0.717) is 23.7 Å². The maximum Gasteiger partial charge on any atom is 0.235 e. The van der Waals surface area contributed by atoms with Gasteiger partial charge in [-0.2, -0.15) is 0 Å². The molecule has 2 bridgehead atoms. The number of carbonyl (C=O) groups is 2. The van der Waals surface area contributed by atoms with Gasteiger partial charge >= 0.3 is 0 Å². The number of amides is 2. The van der Waals surface area contributed by atoms with E-state index in [2.05, 4.69) is 17.5 Å². The summed E-state index contributed by atoms with van der Waals surface area (Å²) in [6, 6.07) is 9.71. The second-order valence-electron chi connectivity index (χ2n) is 6.96. The molecule has 6 rings (SSSR count). The number of hydrogen-bond donors (Lipinski definition) is 1. The fourth-order valence-corrected chi connectivity index (χ4v) is 4.90. The highest BCUT2D eigenvalue weighted by Crippen LogP contribution is 2.65. The smallest absolute Gasteiger partial charge is 0.235 e. The van der Waals surface area contributed by atoms with Crippen molar-refractivity contribution in [2.24, 2.45) is 35.5 Å². The highest BCUT2D eigenvalue weighted by Gasteiger charge is 2.66. The minimum absolute atomic E-state index is 0.0307. The number of benzene rings is 1. The first-order valence-electron chi connectivity index (χ1n) is 8.08. The van der Waals surface area contributed by atoms with Gasteiger partial charge in [0.25, 0.3) is 0 Å². The molecular formula is C18H18N2O2. The molecule has 1 heterocycles. The van der Waals surface area contributed by atoms with Crippen molar-refractivity contribution >= 4 is 17.5 Å². The lowest BCUT2D eigenvalue weighted by molar-refractivity contribution is -0.139. The van der Waals surface area contributed by atoms with Gasteiger partial charge in [-0.15, -0.1) is 0 Å². The van der Waals surface area contributed by atoms with Gasteiger partial charge in [0.05, 0.1) is 18.5 Å². The number of likely N-dealkylation sites (tertiary alicyclic amines) is 1. The summed E-state index contributed by atoms with van der Waals surface area (Å²) >= 11 is 0. The number of anilines is 1. The van der Waals surface area contributed by atoms with Crippen LogP contribution in [-0.4, -0.2) is 23.4 Å². The maximum absolute atomic E-state index is 12.8. The van der Waals surface area contributed by atoms with Gasteiger partial charge < -0.3 is 5.32 Å². The standard InChI is InChI=1S/C18H18N2O2/c21-17-15-11-6-7-12(14-8-13(11)14)16(15)18(22)20(17)9-19-10-4-2-1-3-5-10/h1-7,11-16,19H,8-9H2/t11-,12-,13-,14-,15+,16+/m1/s1. The molecule has 0 spiro atoms. The topological polar surface area (TPSA) is 49.4 Å². The van der Waals surface area contributed by atoms with Gasteiger partial charge in [-0.05, 0) is 42.2 Å². The van der Waals surface area contributed by atoms with Gasteiger partial charge in [0.1, 0.15) is 0 Å². The number of imide groups is 1. The number of nitrogens with zero attached hydrogens (tertiary/aromatic N) is 1. The SMILES string of the molecule is O=C1[C@H]2[C@@H]3C=C[C@H]([C@H]4C[C@H]34)[C@@H]2C(=O)N1CNc1ccccc1. The molecule has 3 fully saturated rings. The average molecular weight is 294 g/mol. The highest BCUT2D eigenvalue weighted by atomic mass is 16.2. The Hall–Kier alpha value is -2.10. The Morgan fingerprint density at radius 2 is 1.55 bits per heavy atom. The summed E-state index contributed by atoms with van der Waals surface area (Å²) in [7, 11) is 0. The number of nitrogens with one attached hydrogen (secondary N) is 1. The summed E-state index contributed by atoms with van der Waals surface area (Å²) in [5.41, 5.74) is 0.932. The van der Waals surface area contributed by atoms with Crippen LogP contribution in [0.5, 0.6) is 0 Å². The van der Waals surface area contributed by atoms with Crippen molar-refractivity contribution in [1.82, 2.24) is 4.90 Å². The third-order valence-electron chi connectivity index (χ3n) is 5.97. The summed E-state index contributed by atoms with van der Waals surface area (Å²) in [4.78, 5) is 27.0. The van der Waals surface area contributed by atoms with Crippen molar-refractivity contribution < 1.29 is 9.59 Å². The minimum Gasteiger partial charge on any atom is -0.367 e. The minimum atomic E-state index is -0.0937. The van der Waals surface area contributed by atoms with Gasteiger partial charge in [0.2, 0.25) is 11.8 Å². The number of rotatable bonds is 3. The van der Waals surface area contributed by atoms with E-state index in [-0.39, 0.29) is 30.3 Å². The summed E-state index contributed by atoms with van der Waals surface area (Å²) < 4.78 is 0. The molecule has 1 N–H and O–H groups in total. The Balaban J connectivity index is 1.38. The Bertz CT molecular complexity index is 648. The number of para-hydroxylation sites is 1. The molecule has 0 radical (unpaired) electrons. The van der Waals surface area contributed by atoms with Crippen LogP contribution in [-0.2, 0) is 9.59 Å². The molecule has 1 aliphatic heterocycles. The summed E-state index contributed by atoms with van der Waals surface area (Å²) in [5, 5.41) is 3.19. The predicted molar refractivity (Wildman–Crippen MR) is 81.5 cm³/mol. The van der Waals surface area contributed by atoms with Crippen molar-refractivity contribution in [3.8, 4) is 0 Å². The van der Waals surface area contributed by atoms with E-state index in [9.17, 15) is 9.59 Å². The van der Waals surface area contributed by atoms with Crippen molar-refractivity contribution in [2.45, 2.75) is 6.42 Å². The monoisotopic (exact) mass is 294 g/mol. The molecule has 4 aliphatic carbocycles. The molecule has 6 atom stereocenters. The zero-order valence-electron chi connectivity index (χ0n) is 12.2. The first-order chi connectivity index (χ1) is 10.8. The second-order valence-corrected chi connectivity index (χ2v) is 6.96. The maximum atomic E-state index is 12.8. The Morgan fingerprint density at radius 1 is 0.955 bits per heavy atom. The molecule has 4 heteroatoms. The lowest BCUT2D eigenvalue weighted by Crippen LogP contribution is -2.40. The quantitative estimate of drug-likeness (QED) is 0.686. The molecule has 2 amide bonds. The molecule has 1 aromatic carbocycles. The van der Waals surface area contributed by atoms with Crippen LogP contribution in [0.15, 0.2) is 42.5 Å². The van der Waals surface area contributed by atoms with Gasteiger partial charge in [-0.25, -0.2) is 0 Å². The lowest BCUT2D eigenvalue weighted by Gasteiger charge is -2.37. The molecule has 0 unspecified atom stereocenters. The molecule has 0 aromatic heterocycles. The van der Waals surface area contributed by atoms with E-state index in [0.717, 1.165) is 5.69 Å². The fourth-order valence-electron chi connectivity index (χ4n) is 4.90. The van der Waals surface area contributed by atoms with Crippen molar-refractivity contribution in [3.05, 3.63) is 42.5 Å². The van der Waals surface area contributed by atoms with Crippen LogP contribution in [0.2, 0.25) is 0 Å². The highest BCUT2D eigenvalue weighted by molar-refractivity contribution is 6.06. The Kier molecular flexibility index (Phi) is 2.38. The zero-order chi connectivity index (χ0) is 14.8. The Morgan fingerprint density at radius 3 is 2.14 bits per heavy atom. The van der Waals surface area contributed by atoms with E-state index in [1.54, 1.807) is 0 Å². The number of allylic oxidation sites excluding steroid dienone is 2. The Labute approximate surface area is 129 Å². The van der Waals surface area contributed by atoms with Gasteiger partial charge in [0.15, 0.2) is 0 Å². The number of hydrogen-bond acceptors (Lipinski definition) is 3. The molecule has 1 aromatic rings. The van der Waals surface area contributed by atoms with Gasteiger partial charge in [0, 0.05) is 5.69 Å². The first-order valence-corrected chi connectivity index (χ1v) is 8.08. The van der Waals surface area contributed by atoms with Crippen LogP contribution in [0.4, 0.5) is 5.69 Å². The predicted octanol–water partition coefficient (Wildman–Crippen LogP) is 2.11. The normalized spacial score (nSPS) is 40.6. The lowest BCUT2D eigenvalue weighted by atomic mass is 9.63. The second kappa shape index (κ2) is 4.22. The van der Waals surface area contributed by atoms with E-state index < -0.39 is 0 Å². The van der Waals surface area contributed by atoms with E-state index in [4.69, 9.17) is 0 Å². The summed E-state index contributed by atoms with van der Waals surface area (Å²) in [6.45, 7) is 0.281. The van der Waals surface area contributed by atoms with Crippen LogP contribution >= 0.6 is 0 Å². The van der Waals surface area contributed by atoms with Crippen LogP contribution < -0.4 is 5.32 Å². The van der Waals surface area contributed by atoms with E-state index >= 15 is 0 Å². The number of carbonyl (C=O) groups excluding carboxylic acids is 2. The molecule has 112 valence electrons.